The van der Waals surface area contributed by atoms with E-state index in [2.05, 4.69) is 5.32 Å². The number of rotatable bonds is 6. The summed E-state index contributed by atoms with van der Waals surface area (Å²) in [7, 11) is 0. The van der Waals surface area contributed by atoms with Crippen molar-refractivity contribution in [2.24, 2.45) is 0 Å². The smallest absolute Gasteiger partial charge is 0.259 e. The lowest BCUT2D eigenvalue weighted by Gasteiger charge is -2.13. The number of carbonyl (C=O) groups is 1. The van der Waals surface area contributed by atoms with Gasteiger partial charge in [0.2, 0.25) is 0 Å². The number of carbonyl (C=O) groups excluding carboxylic acids is 1. The highest BCUT2D eigenvalue weighted by Crippen LogP contribution is 2.29. The first-order valence-corrected chi connectivity index (χ1v) is 7.96. The summed E-state index contributed by atoms with van der Waals surface area (Å²) in [5.74, 6) is 0.767. The Morgan fingerprint density at radius 3 is 2.48 bits per heavy atom. The fraction of sp³-hybridized carbons (Fsp3) is 0.235. The van der Waals surface area contributed by atoms with E-state index in [4.69, 9.17) is 32.7 Å². The van der Waals surface area contributed by atoms with Crippen LogP contribution in [0, 0.1) is 0 Å². The highest BCUT2D eigenvalue weighted by atomic mass is 35.5. The van der Waals surface area contributed by atoms with Crippen LogP contribution in [0.25, 0.3) is 0 Å². The van der Waals surface area contributed by atoms with E-state index in [0.717, 1.165) is 0 Å². The van der Waals surface area contributed by atoms with Gasteiger partial charge in [0.1, 0.15) is 11.5 Å². The van der Waals surface area contributed by atoms with Crippen LogP contribution in [-0.2, 0) is 0 Å². The van der Waals surface area contributed by atoms with Crippen molar-refractivity contribution < 1.29 is 14.3 Å². The molecule has 4 nitrogen and oxygen atoms in total. The Morgan fingerprint density at radius 2 is 1.78 bits per heavy atom. The summed E-state index contributed by atoms with van der Waals surface area (Å²) < 4.78 is 11.0. The van der Waals surface area contributed by atoms with Crippen molar-refractivity contribution in [1.29, 1.82) is 0 Å². The van der Waals surface area contributed by atoms with Crippen molar-refractivity contribution in [3.05, 3.63) is 52.0 Å². The monoisotopic (exact) mass is 353 g/mol. The molecule has 0 heterocycles. The van der Waals surface area contributed by atoms with Gasteiger partial charge in [-0.1, -0.05) is 23.2 Å². The first-order chi connectivity index (χ1) is 11.0. The first-order valence-electron chi connectivity index (χ1n) is 7.21. The van der Waals surface area contributed by atoms with E-state index in [-0.39, 0.29) is 5.91 Å². The number of hydrogen-bond donors (Lipinski definition) is 1. The molecule has 0 saturated heterocycles. The maximum Gasteiger partial charge on any atom is 0.259 e. The lowest BCUT2D eigenvalue weighted by molar-refractivity contribution is 0.102. The van der Waals surface area contributed by atoms with Crippen molar-refractivity contribution in [3.8, 4) is 11.5 Å². The average Bonchev–Trinajstić information content (AvgIpc) is 2.52. The summed E-state index contributed by atoms with van der Waals surface area (Å²) in [5, 5.41) is 3.64. The van der Waals surface area contributed by atoms with E-state index >= 15 is 0 Å². The number of nitrogens with one attached hydrogen (secondary N) is 1. The van der Waals surface area contributed by atoms with E-state index in [1.165, 1.54) is 0 Å². The fourth-order valence-electron chi connectivity index (χ4n) is 2.00. The van der Waals surface area contributed by atoms with Gasteiger partial charge in [-0.15, -0.1) is 0 Å². The fourth-order valence-corrected chi connectivity index (χ4v) is 2.34. The second-order valence-corrected chi connectivity index (χ2v) is 5.45. The molecular weight excluding hydrogens is 337 g/mol. The van der Waals surface area contributed by atoms with Gasteiger partial charge in [0.25, 0.3) is 5.91 Å². The third-order valence-corrected chi connectivity index (χ3v) is 3.55. The molecule has 0 unspecified atom stereocenters. The summed E-state index contributed by atoms with van der Waals surface area (Å²) in [4.78, 5) is 12.5. The van der Waals surface area contributed by atoms with Crippen LogP contribution in [0.5, 0.6) is 11.5 Å². The number of ether oxygens (including phenoxy) is 2. The van der Waals surface area contributed by atoms with Crippen LogP contribution in [0.3, 0.4) is 0 Å². The number of halogens is 2. The lowest BCUT2D eigenvalue weighted by atomic mass is 10.1. The molecule has 0 radical (unpaired) electrons. The van der Waals surface area contributed by atoms with Crippen molar-refractivity contribution in [2.45, 2.75) is 13.8 Å². The quantitative estimate of drug-likeness (QED) is 0.790. The minimum Gasteiger partial charge on any atom is -0.494 e. The third kappa shape index (κ3) is 4.53. The molecule has 0 bridgehead atoms. The first kappa shape index (κ1) is 17.4. The predicted molar refractivity (Wildman–Crippen MR) is 93.2 cm³/mol. The van der Waals surface area contributed by atoms with E-state index in [1.807, 2.05) is 13.8 Å². The molecule has 122 valence electrons. The van der Waals surface area contributed by atoms with Crippen LogP contribution in [-0.4, -0.2) is 19.1 Å². The maximum absolute atomic E-state index is 12.5. The molecule has 0 saturated carbocycles. The van der Waals surface area contributed by atoms with E-state index < -0.39 is 0 Å². The predicted octanol–water partition coefficient (Wildman–Crippen LogP) is 5.04. The SMILES string of the molecule is CCOc1ccc(C(=O)Nc2cc(Cl)ccc2Cl)c(OCC)c1. The Bertz CT molecular complexity index is 704. The van der Waals surface area contributed by atoms with E-state index in [1.54, 1.807) is 36.4 Å². The van der Waals surface area contributed by atoms with Crippen molar-refractivity contribution in [2.75, 3.05) is 18.5 Å². The molecule has 0 spiro atoms. The summed E-state index contributed by atoms with van der Waals surface area (Å²) in [6.07, 6.45) is 0. The molecule has 0 aliphatic rings. The highest BCUT2D eigenvalue weighted by Gasteiger charge is 2.15. The summed E-state index contributed by atoms with van der Waals surface area (Å²) >= 11 is 12.0. The molecule has 1 amide bonds. The number of amides is 1. The van der Waals surface area contributed by atoms with Crippen LogP contribution in [0.1, 0.15) is 24.2 Å². The van der Waals surface area contributed by atoms with E-state index in [0.29, 0.717) is 46.0 Å². The van der Waals surface area contributed by atoms with Crippen LogP contribution in [0.15, 0.2) is 36.4 Å². The molecular formula is C17H17Cl2NO3. The molecule has 23 heavy (non-hydrogen) atoms. The Hall–Kier alpha value is -1.91. The highest BCUT2D eigenvalue weighted by molar-refractivity contribution is 6.35. The second kappa shape index (κ2) is 8.09. The summed E-state index contributed by atoms with van der Waals surface area (Å²) in [5.41, 5.74) is 0.840. The van der Waals surface area contributed by atoms with Gasteiger partial charge < -0.3 is 14.8 Å². The molecule has 2 rings (SSSR count). The Kier molecular flexibility index (Phi) is 6.13. The molecule has 0 fully saturated rings. The van der Waals surface area contributed by atoms with Gasteiger partial charge in [0.15, 0.2) is 0 Å². The van der Waals surface area contributed by atoms with Crippen molar-refractivity contribution >= 4 is 34.8 Å². The molecule has 2 aromatic carbocycles. The molecule has 0 atom stereocenters. The lowest BCUT2D eigenvalue weighted by Crippen LogP contribution is -2.14. The van der Waals surface area contributed by atoms with Gasteiger partial charge in [-0.25, -0.2) is 0 Å². The molecule has 6 heteroatoms. The Balaban J connectivity index is 2.29. The standard InChI is InChI=1S/C17H17Cl2NO3/c1-3-22-12-6-7-13(16(10-12)23-4-2)17(21)20-15-9-11(18)5-8-14(15)19/h5-10H,3-4H2,1-2H3,(H,20,21). The molecule has 2 aromatic rings. The molecule has 0 aliphatic heterocycles. The normalized spacial score (nSPS) is 10.3. The van der Waals surface area contributed by atoms with Gasteiger partial charge in [-0.2, -0.15) is 0 Å². The number of hydrogen-bond acceptors (Lipinski definition) is 3. The minimum atomic E-state index is -0.333. The summed E-state index contributed by atoms with van der Waals surface area (Å²) in [6, 6.07) is 9.95. The summed E-state index contributed by atoms with van der Waals surface area (Å²) in [6.45, 7) is 4.72. The van der Waals surface area contributed by atoms with Crippen LogP contribution >= 0.6 is 23.2 Å². The zero-order chi connectivity index (χ0) is 16.8. The van der Waals surface area contributed by atoms with Gasteiger partial charge in [0, 0.05) is 11.1 Å². The molecule has 0 aromatic heterocycles. The maximum atomic E-state index is 12.5. The van der Waals surface area contributed by atoms with Gasteiger partial charge in [-0.3, -0.25) is 4.79 Å². The Morgan fingerprint density at radius 1 is 1.04 bits per heavy atom. The van der Waals surface area contributed by atoms with Gasteiger partial charge >= 0.3 is 0 Å². The van der Waals surface area contributed by atoms with Crippen molar-refractivity contribution in [1.82, 2.24) is 0 Å². The zero-order valence-electron chi connectivity index (χ0n) is 12.9. The van der Waals surface area contributed by atoms with E-state index in [9.17, 15) is 4.79 Å². The van der Waals surface area contributed by atoms with Crippen LogP contribution in [0.2, 0.25) is 10.0 Å². The number of benzene rings is 2. The average molecular weight is 354 g/mol. The third-order valence-electron chi connectivity index (χ3n) is 2.99. The van der Waals surface area contributed by atoms with Gasteiger partial charge in [0.05, 0.1) is 29.5 Å². The molecule has 0 aliphatic carbocycles. The minimum absolute atomic E-state index is 0.333. The van der Waals surface area contributed by atoms with Crippen LogP contribution < -0.4 is 14.8 Å². The zero-order valence-corrected chi connectivity index (χ0v) is 14.4. The van der Waals surface area contributed by atoms with Gasteiger partial charge in [-0.05, 0) is 44.2 Å². The van der Waals surface area contributed by atoms with Crippen LogP contribution in [0.4, 0.5) is 5.69 Å². The molecule has 1 N–H and O–H groups in total. The second-order valence-electron chi connectivity index (χ2n) is 4.60. The number of anilines is 1. The Labute approximate surface area is 145 Å². The van der Waals surface area contributed by atoms with Crippen molar-refractivity contribution in [3.63, 3.8) is 0 Å². The largest absolute Gasteiger partial charge is 0.494 e. The topological polar surface area (TPSA) is 47.6 Å².